The second kappa shape index (κ2) is 7.68. The SMILES string of the molecule is CNC(=O)CC[C@H](C)NC(=O)[C@H](C)N(C)C(C)=O. The van der Waals surface area contributed by atoms with E-state index in [-0.39, 0.29) is 23.8 Å². The zero-order chi connectivity index (χ0) is 14.3. The van der Waals surface area contributed by atoms with E-state index in [0.717, 1.165) is 0 Å². The summed E-state index contributed by atoms with van der Waals surface area (Å²) in [5.41, 5.74) is 0. The van der Waals surface area contributed by atoms with Crippen LogP contribution in [-0.4, -0.2) is 48.8 Å². The number of likely N-dealkylation sites (N-methyl/N-ethyl adjacent to an activating group) is 1. The van der Waals surface area contributed by atoms with Crippen LogP contribution in [0.15, 0.2) is 0 Å². The summed E-state index contributed by atoms with van der Waals surface area (Å²) in [5, 5.41) is 5.31. The third kappa shape index (κ3) is 5.65. The molecule has 0 saturated heterocycles. The van der Waals surface area contributed by atoms with Gasteiger partial charge in [0.1, 0.15) is 6.04 Å². The van der Waals surface area contributed by atoms with Crippen LogP contribution in [0.4, 0.5) is 0 Å². The fourth-order valence-electron chi connectivity index (χ4n) is 1.36. The third-order valence-electron chi connectivity index (χ3n) is 2.93. The van der Waals surface area contributed by atoms with Crippen LogP contribution in [0.25, 0.3) is 0 Å². The molecule has 0 aliphatic heterocycles. The van der Waals surface area contributed by atoms with Gasteiger partial charge in [0.25, 0.3) is 0 Å². The van der Waals surface area contributed by atoms with Gasteiger partial charge in [0.2, 0.25) is 17.7 Å². The molecule has 2 N–H and O–H groups in total. The van der Waals surface area contributed by atoms with Crippen LogP contribution in [0.1, 0.15) is 33.6 Å². The molecular formula is C12H23N3O3. The van der Waals surface area contributed by atoms with E-state index in [1.54, 1.807) is 21.0 Å². The Morgan fingerprint density at radius 2 is 1.78 bits per heavy atom. The molecule has 3 amide bonds. The van der Waals surface area contributed by atoms with Gasteiger partial charge in [0.15, 0.2) is 0 Å². The Labute approximate surface area is 108 Å². The zero-order valence-electron chi connectivity index (χ0n) is 11.7. The lowest BCUT2D eigenvalue weighted by atomic mass is 10.1. The van der Waals surface area contributed by atoms with E-state index in [1.807, 2.05) is 6.92 Å². The quantitative estimate of drug-likeness (QED) is 0.696. The normalized spacial score (nSPS) is 13.4. The molecule has 2 atom stereocenters. The molecule has 0 fully saturated rings. The molecule has 0 aromatic heterocycles. The molecule has 0 spiro atoms. The molecule has 6 heteroatoms. The fourth-order valence-corrected chi connectivity index (χ4v) is 1.36. The van der Waals surface area contributed by atoms with Gasteiger partial charge in [-0.25, -0.2) is 0 Å². The predicted molar refractivity (Wildman–Crippen MR) is 68.8 cm³/mol. The average molecular weight is 257 g/mol. The van der Waals surface area contributed by atoms with E-state index in [9.17, 15) is 14.4 Å². The summed E-state index contributed by atoms with van der Waals surface area (Å²) in [6.07, 6.45) is 0.941. The van der Waals surface area contributed by atoms with E-state index in [0.29, 0.717) is 12.8 Å². The van der Waals surface area contributed by atoms with Crippen molar-refractivity contribution in [2.45, 2.75) is 45.7 Å². The van der Waals surface area contributed by atoms with Gasteiger partial charge >= 0.3 is 0 Å². The third-order valence-corrected chi connectivity index (χ3v) is 2.93. The van der Waals surface area contributed by atoms with Crippen LogP contribution < -0.4 is 10.6 Å². The summed E-state index contributed by atoms with van der Waals surface area (Å²) in [5.74, 6) is -0.419. The van der Waals surface area contributed by atoms with E-state index in [4.69, 9.17) is 0 Å². The summed E-state index contributed by atoms with van der Waals surface area (Å²) in [4.78, 5) is 35.4. The molecule has 0 radical (unpaired) electrons. The number of carbonyl (C=O) groups is 3. The summed E-state index contributed by atoms with van der Waals surface area (Å²) in [6.45, 7) is 4.92. The fraction of sp³-hybridized carbons (Fsp3) is 0.750. The number of hydrogen-bond acceptors (Lipinski definition) is 3. The van der Waals surface area contributed by atoms with Crippen molar-refractivity contribution in [1.82, 2.24) is 15.5 Å². The molecule has 0 rings (SSSR count). The lowest BCUT2D eigenvalue weighted by molar-refractivity contribution is -0.137. The minimum Gasteiger partial charge on any atom is -0.359 e. The highest BCUT2D eigenvalue weighted by atomic mass is 16.2. The van der Waals surface area contributed by atoms with E-state index in [2.05, 4.69) is 10.6 Å². The topological polar surface area (TPSA) is 78.5 Å². The second-order valence-corrected chi connectivity index (χ2v) is 4.43. The highest BCUT2D eigenvalue weighted by molar-refractivity contribution is 5.86. The first-order valence-electron chi connectivity index (χ1n) is 6.04. The minimum atomic E-state index is -0.509. The lowest BCUT2D eigenvalue weighted by Crippen LogP contribution is -2.47. The van der Waals surface area contributed by atoms with Crippen LogP contribution in [0, 0.1) is 0 Å². The largest absolute Gasteiger partial charge is 0.359 e. The van der Waals surface area contributed by atoms with Crippen molar-refractivity contribution >= 4 is 17.7 Å². The standard InChI is InChI=1S/C12H23N3O3/c1-8(6-7-11(17)13-4)14-12(18)9(2)15(5)10(3)16/h8-9H,6-7H2,1-5H3,(H,13,17)(H,14,18)/t8-,9-/m0/s1. The molecule has 104 valence electrons. The van der Waals surface area contributed by atoms with Crippen molar-refractivity contribution in [2.24, 2.45) is 0 Å². The Morgan fingerprint density at radius 3 is 2.22 bits per heavy atom. The molecular weight excluding hydrogens is 234 g/mol. The Kier molecular flexibility index (Phi) is 7.00. The highest BCUT2D eigenvalue weighted by Gasteiger charge is 2.21. The van der Waals surface area contributed by atoms with Gasteiger partial charge in [0, 0.05) is 33.5 Å². The minimum absolute atomic E-state index is 0.0509. The molecule has 0 aliphatic rings. The van der Waals surface area contributed by atoms with Crippen molar-refractivity contribution in [2.75, 3.05) is 14.1 Å². The van der Waals surface area contributed by atoms with Gasteiger partial charge in [-0.1, -0.05) is 0 Å². The summed E-state index contributed by atoms with van der Waals surface area (Å²) < 4.78 is 0. The molecule has 0 unspecified atom stereocenters. The first kappa shape index (κ1) is 16.4. The summed E-state index contributed by atoms with van der Waals surface area (Å²) >= 11 is 0. The van der Waals surface area contributed by atoms with Crippen LogP contribution >= 0.6 is 0 Å². The van der Waals surface area contributed by atoms with Crippen LogP contribution in [-0.2, 0) is 14.4 Å². The van der Waals surface area contributed by atoms with Crippen LogP contribution in [0.3, 0.4) is 0 Å². The zero-order valence-corrected chi connectivity index (χ0v) is 11.7. The van der Waals surface area contributed by atoms with Gasteiger partial charge < -0.3 is 15.5 Å². The van der Waals surface area contributed by atoms with Gasteiger partial charge in [-0.05, 0) is 20.3 Å². The Morgan fingerprint density at radius 1 is 1.22 bits per heavy atom. The maximum Gasteiger partial charge on any atom is 0.242 e. The molecule has 18 heavy (non-hydrogen) atoms. The van der Waals surface area contributed by atoms with Crippen molar-refractivity contribution in [3.63, 3.8) is 0 Å². The van der Waals surface area contributed by atoms with Crippen molar-refractivity contribution < 1.29 is 14.4 Å². The first-order chi connectivity index (χ1) is 8.29. The van der Waals surface area contributed by atoms with Gasteiger partial charge in [-0.15, -0.1) is 0 Å². The molecule has 0 heterocycles. The van der Waals surface area contributed by atoms with Crippen molar-refractivity contribution in [3.8, 4) is 0 Å². The molecule has 0 saturated carbocycles. The maximum absolute atomic E-state index is 11.8. The summed E-state index contributed by atoms with van der Waals surface area (Å²) in [7, 11) is 3.16. The van der Waals surface area contributed by atoms with Crippen LogP contribution in [0.2, 0.25) is 0 Å². The molecule has 0 aliphatic carbocycles. The second-order valence-electron chi connectivity index (χ2n) is 4.43. The molecule has 0 bridgehead atoms. The van der Waals surface area contributed by atoms with Crippen molar-refractivity contribution in [1.29, 1.82) is 0 Å². The number of nitrogens with one attached hydrogen (secondary N) is 2. The molecule has 0 aromatic rings. The van der Waals surface area contributed by atoms with E-state index >= 15 is 0 Å². The lowest BCUT2D eigenvalue weighted by Gasteiger charge is -2.24. The van der Waals surface area contributed by atoms with E-state index in [1.165, 1.54) is 11.8 Å². The van der Waals surface area contributed by atoms with Gasteiger partial charge in [-0.2, -0.15) is 0 Å². The first-order valence-corrected chi connectivity index (χ1v) is 6.04. The predicted octanol–water partition coefficient (Wildman–Crippen LogP) is -0.116. The van der Waals surface area contributed by atoms with Gasteiger partial charge in [0.05, 0.1) is 0 Å². The van der Waals surface area contributed by atoms with Crippen LogP contribution in [0.5, 0.6) is 0 Å². The Hall–Kier alpha value is -1.59. The number of amides is 3. The number of nitrogens with zero attached hydrogens (tertiary/aromatic N) is 1. The summed E-state index contributed by atoms with van der Waals surface area (Å²) in [6, 6.07) is -0.609. The molecule has 0 aromatic carbocycles. The Bertz CT molecular complexity index is 318. The van der Waals surface area contributed by atoms with Crippen molar-refractivity contribution in [3.05, 3.63) is 0 Å². The Balaban J connectivity index is 4.14. The monoisotopic (exact) mass is 257 g/mol. The van der Waals surface area contributed by atoms with E-state index < -0.39 is 6.04 Å². The average Bonchev–Trinajstić information content (AvgIpc) is 2.33. The number of hydrogen-bond donors (Lipinski definition) is 2. The smallest absolute Gasteiger partial charge is 0.242 e. The highest BCUT2D eigenvalue weighted by Crippen LogP contribution is 2.00. The van der Waals surface area contributed by atoms with Gasteiger partial charge in [-0.3, -0.25) is 14.4 Å². The molecule has 6 nitrogen and oxygen atoms in total. The number of rotatable bonds is 6. The maximum atomic E-state index is 11.8. The number of carbonyl (C=O) groups excluding carboxylic acids is 3.